The minimum Gasteiger partial charge on any atom is -0.444 e. The second-order valence-electron chi connectivity index (χ2n) is 6.90. The molecular weight excluding hydrogens is 316 g/mol. The third-order valence-corrected chi connectivity index (χ3v) is 4.22. The predicted molar refractivity (Wildman–Crippen MR) is 88.7 cm³/mol. The number of hydrogen-bond donors (Lipinski definition) is 1. The molecule has 1 atom stereocenters. The largest absolute Gasteiger partial charge is 0.444 e. The Hall–Kier alpha value is -1.82. The zero-order chi connectivity index (χ0) is 16.6. The molecule has 0 saturated carbocycles. The Balaban J connectivity index is 1.80. The molecule has 23 heavy (non-hydrogen) atoms. The van der Waals surface area contributed by atoms with Crippen molar-refractivity contribution >= 4 is 28.6 Å². The van der Waals surface area contributed by atoms with Gasteiger partial charge in [0.1, 0.15) is 11.1 Å². The van der Waals surface area contributed by atoms with Gasteiger partial charge in [0, 0.05) is 30.6 Å². The van der Waals surface area contributed by atoms with Gasteiger partial charge in [0.05, 0.1) is 5.69 Å². The lowest BCUT2D eigenvalue weighted by atomic mass is 9.93. The first-order valence-corrected chi connectivity index (χ1v) is 8.19. The van der Waals surface area contributed by atoms with E-state index in [2.05, 4.69) is 15.2 Å². The van der Waals surface area contributed by atoms with E-state index in [-0.39, 0.29) is 12.0 Å². The van der Waals surface area contributed by atoms with Crippen LogP contribution in [0.3, 0.4) is 0 Å². The fourth-order valence-corrected chi connectivity index (χ4v) is 3.14. The Labute approximate surface area is 140 Å². The molecule has 1 fully saturated rings. The summed E-state index contributed by atoms with van der Waals surface area (Å²) < 4.78 is 5.48. The van der Waals surface area contributed by atoms with Crippen LogP contribution in [0.2, 0.25) is 5.15 Å². The van der Waals surface area contributed by atoms with Gasteiger partial charge < -0.3 is 9.64 Å². The Kier molecular flexibility index (Phi) is 4.19. The van der Waals surface area contributed by atoms with Crippen molar-refractivity contribution in [3.8, 4) is 0 Å². The summed E-state index contributed by atoms with van der Waals surface area (Å²) in [4.78, 5) is 18.1. The van der Waals surface area contributed by atoms with E-state index in [4.69, 9.17) is 16.3 Å². The molecule has 1 saturated heterocycles. The van der Waals surface area contributed by atoms with E-state index in [1.54, 1.807) is 11.1 Å². The molecule has 1 amide bonds. The summed E-state index contributed by atoms with van der Waals surface area (Å²) in [6.45, 7) is 6.96. The number of halogens is 1. The summed E-state index contributed by atoms with van der Waals surface area (Å²) in [5.41, 5.74) is 1.21. The van der Waals surface area contributed by atoms with Gasteiger partial charge in [0.2, 0.25) is 0 Å². The smallest absolute Gasteiger partial charge is 0.410 e. The maximum atomic E-state index is 12.3. The Morgan fingerprint density at radius 3 is 3.00 bits per heavy atom. The molecule has 2 aromatic rings. The number of likely N-dealkylation sites (tertiary alicyclic amines) is 1. The topological polar surface area (TPSA) is 71.1 Å². The molecule has 1 unspecified atom stereocenters. The number of carbonyl (C=O) groups excluding carboxylic acids is 1. The van der Waals surface area contributed by atoms with E-state index in [0.29, 0.717) is 11.7 Å². The quantitative estimate of drug-likeness (QED) is 0.805. The van der Waals surface area contributed by atoms with Crippen LogP contribution in [0, 0.1) is 0 Å². The monoisotopic (exact) mass is 336 g/mol. The fourth-order valence-electron chi connectivity index (χ4n) is 2.94. The minimum absolute atomic E-state index is 0.170. The number of piperidine rings is 1. The van der Waals surface area contributed by atoms with E-state index in [9.17, 15) is 4.79 Å². The maximum absolute atomic E-state index is 12.3. The number of ether oxygens (including phenoxy) is 1. The second kappa shape index (κ2) is 6.00. The van der Waals surface area contributed by atoms with Crippen molar-refractivity contribution in [3.05, 3.63) is 23.1 Å². The number of nitrogens with zero attached hydrogens (tertiary/aromatic N) is 3. The molecule has 124 valence electrons. The standard InChI is InChI=1S/C16H21ClN4O2/c1-16(2,3)23-15(22)21-8-4-5-10(9-21)12-11-6-7-18-14(17)13(11)20-19-12/h6-7,10H,4-5,8-9H2,1-3H3,(H,19,20). The Morgan fingerprint density at radius 2 is 2.26 bits per heavy atom. The van der Waals surface area contributed by atoms with Crippen LogP contribution < -0.4 is 0 Å². The van der Waals surface area contributed by atoms with E-state index in [1.165, 1.54) is 0 Å². The highest BCUT2D eigenvalue weighted by Crippen LogP contribution is 2.32. The van der Waals surface area contributed by atoms with Crippen LogP contribution in [0.1, 0.15) is 45.2 Å². The molecule has 0 aliphatic carbocycles. The molecule has 6 nitrogen and oxygen atoms in total. The summed E-state index contributed by atoms with van der Waals surface area (Å²) in [7, 11) is 0. The minimum atomic E-state index is -0.484. The number of amides is 1. The summed E-state index contributed by atoms with van der Waals surface area (Å²) in [6.07, 6.45) is 3.33. The number of pyridine rings is 1. The normalized spacial score (nSPS) is 19.1. The molecule has 3 rings (SSSR count). The van der Waals surface area contributed by atoms with Crippen LogP contribution in [0.15, 0.2) is 12.3 Å². The first kappa shape index (κ1) is 16.1. The molecule has 2 aromatic heterocycles. The van der Waals surface area contributed by atoms with Crippen LogP contribution in [0.5, 0.6) is 0 Å². The van der Waals surface area contributed by atoms with Gasteiger partial charge in [-0.3, -0.25) is 5.10 Å². The highest BCUT2D eigenvalue weighted by Gasteiger charge is 2.30. The molecule has 0 bridgehead atoms. The first-order valence-electron chi connectivity index (χ1n) is 7.81. The lowest BCUT2D eigenvalue weighted by Crippen LogP contribution is -2.42. The van der Waals surface area contributed by atoms with Crippen molar-refractivity contribution < 1.29 is 9.53 Å². The van der Waals surface area contributed by atoms with Crippen molar-refractivity contribution in [1.82, 2.24) is 20.1 Å². The van der Waals surface area contributed by atoms with Gasteiger partial charge in [-0.15, -0.1) is 0 Å². The van der Waals surface area contributed by atoms with Crippen molar-refractivity contribution in [1.29, 1.82) is 0 Å². The van der Waals surface area contributed by atoms with Crippen molar-refractivity contribution in [2.75, 3.05) is 13.1 Å². The van der Waals surface area contributed by atoms with Crippen molar-refractivity contribution in [2.24, 2.45) is 0 Å². The Morgan fingerprint density at radius 1 is 1.48 bits per heavy atom. The number of carbonyl (C=O) groups is 1. The third kappa shape index (κ3) is 3.42. The van der Waals surface area contributed by atoms with Gasteiger partial charge in [-0.05, 0) is 39.7 Å². The van der Waals surface area contributed by atoms with Gasteiger partial charge in [0.25, 0.3) is 0 Å². The van der Waals surface area contributed by atoms with Crippen molar-refractivity contribution in [3.63, 3.8) is 0 Å². The lowest BCUT2D eigenvalue weighted by molar-refractivity contribution is 0.0197. The summed E-state index contributed by atoms with van der Waals surface area (Å²) in [6, 6.07) is 1.91. The van der Waals surface area contributed by atoms with E-state index >= 15 is 0 Å². The molecule has 1 aliphatic heterocycles. The number of aromatic nitrogens is 3. The lowest BCUT2D eigenvalue weighted by Gasteiger charge is -2.33. The summed E-state index contributed by atoms with van der Waals surface area (Å²) in [5.74, 6) is 0.170. The van der Waals surface area contributed by atoms with Gasteiger partial charge in [-0.25, -0.2) is 9.78 Å². The number of fused-ring (bicyclic) bond motifs is 1. The molecule has 0 radical (unpaired) electrons. The van der Waals surface area contributed by atoms with E-state index in [1.807, 2.05) is 26.8 Å². The average Bonchev–Trinajstić information content (AvgIpc) is 2.91. The molecule has 7 heteroatoms. The fraction of sp³-hybridized carbons (Fsp3) is 0.562. The Bertz CT molecular complexity index is 722. The SMILES string of the molecule is CC(C)(C)OC(=O)N1CCCC(c2n[nH]c3c(Cl)nccc23)C1. The summed E-state index contributed by atoms with van der Waals surface area (Å²) >= 11 is 6.09. The number of rotatable bonds is 1. The van der Waals surface area contributed by atoms with Crippen molar-refractivity contribution in [2.45, 2.75) is 45.1 Å². The molecular formula is C16H21ClN4O2. The molecule has 0 spiro atoms. The van der Waals surface area contributed by atoms with Gasteiger partial charge in [-0.2, -0.15) is 5.10 Å². The van der Waals surface area contributed by atoms with E-state index < -0.39 is 5.60 Å². The van der Waals surface area contributed by atoms with Crippen LogP contribution in [-0.4, -0.2) is 44.9 Å². The van der Waals surface area contributed by atoms with Crippen LogP contribution in [0.25, 0.3) is 10.9 Å². The van der Waals surface area contributed by atoms with Gasteiger partial charge in [-0.1, -0.05) is 11.6 Å². The summed E-state index contributed by atoms with van der Waals surface area (Å²) in [5, 5.41) is 8.77. The van der Waals surface area contributed by atoms with E-state index in [0.717, 1.165) is 36.0 Å². The zero-order valence-electron chi connectivity index (χ0n) is 13.6. The number of nitrogens with one attached hydrogen (secondary N) is 1. The van der Waals surface area contributed by atoms with Gasteiger partial charge in [0.15, 0.2) is 5.15 Å². The molecule has 3 heterocycles. The maximum Gasteiger partial charge on any atom is 0.410 e. The molecule has 1 N–H and O–H groups in total. The highest BCUT2D eigenvalue weighted by atomic mass is 35.5. The molecule has 1 aliphatic rings. The number of hydrogen-bond acceptors (Lipinski definition) is 4. The van der Waals surface area contributed by atoms with Gasteiger partial charge >= 0.3 is 6.09 Å². The van der Waals surface area contributed by atoms with Crippen LogP contribution in [-0.2, 0) is 4.74 Å². The predicted octanol–water partition coefficient (Wildman–Crippen LogP) is 3.73. The molecule has 0 aromatic carbocycles. The average molecular weight is 337 g/mol. The third-order valence-electron chi connectivity index (χ3n) is 3.93. The highest BCUT2D eigenvalue weighted by molar-refractivity contribution is 6.33. The van der Waals surface area contributed by atoms with Crippen LogP contribution >= 0.6 is 11.6 Å². The van der Waals surface area contributed by atoms with Crippen LogP contribution in [0.4, 0.5) is 4.79 Å². The first-order chi connectivity index (χ1) is 10.8. The number of aromatic amines is 1. The number of H-pyrrole nitrogens is 1. The zero-order valence-corrected chi connectivity index (χ0v) is 14.4. The second-order valence-corrected chi connectivity index (χ2v) is 7.26.